The van der Waals surface area contributed by atoms with Crippen molar-refractivity contribution < 1.29 is 0 Å². The van der Waals surface area contributed by atoms with E-state index in [1.807, 2.05) is 6.07 Å². The lowest BCUT2D eigenvalue weighted by molar-refractivity contribution is 0.364. The van der Waals surface area contributed by atoms with Gasteiger partial charge in [-0.3, -0.25) is 0 Å². The van der Waals surface area contributed by atoms with Gasteiger partial charge in [0.25, 0.3) is 0 Å². The van der Waals surface area contributed by atoms with Gasteiger partial charge in [-0.25, -0.2) is 0 Å². The van der Waals surface area contributed by atoms with Gasteiger partial charge in [-0.05, 0) is 25.5 Å². The van der Waals surface area contributed by atoms with E-state index >= 15 is 0 Å². The lowest BCUT2D eigenvalue weighted by Gasteiger charge is -2.30. The monoisotopic (exact) mass is 255 g/mol. The third kappa shape index (κ3) is 2.82. The molecule has 0 aliphatic heterocycles. The second-order valence-corrected chi connectivity index (χ2v) is 5.26. The fourth-order valence-electron chi connectivity index (χ4n) is 1.77. The van der Waals surface area contributed by atoms with Crippen molar-refractivity contribution in [1.82, 2.24) is 5.32 Å². The molecule has 1 aromatic rings. The largest absolute Gasteiger partial charge is 0.306 e. The number of nitrogens with one attached hydrogen (secondary N) is 1. The maximum Gasteiger partial charge on any atom is 0.0390 e. The van der Waals surface area contributed by atoms with E-state index in [-0.39, 0.29) is 5.54 Å². The fourth-order valence-corrected chi connectivity index (χ4v) is 2.55. The first-order valence-corrected chi connectivity index (χ1v) is 5.75. The summed E-state index contributed by atoms with van der Waals surface area (Å²) >= 11 is 3.58. The Kier molecular flexibility index (Phi) is 3.73. The SMILES string of the molecule is CC(C)NC(C)(C)c1ccccc1Br. The quantitative estimate of drug-likeness (QED) is 0.869. The molecule has 0 saturated carbocycles. The minimum Gasteiger partial charge on any atom is -0.306 e. The normalized spacial score (nSPS) is 12.1. The van der Waals surface area contributed by atoms with Crippen molar-refractivity contribution in [3.05, 3.63) is 34.3 Å². The zero-order valence-corrected chi connectivity index (χ0v) is 10.9. The summed E-state index contributed by atoms with van der Waals surface area (Å²) in [6, 6.07) is 8.83. The summed E-state index contributed by atoms with van der Waals surface area (Å²) < 4.78 is 1.16. The maximum atomic E-state index is 3.58. The molecule has 0 saturated heterocycles. The van der Waals surface area contributed by atoms with Crippen LogP contribution in [0.25, 0.3) is 0 Å². The summed E-state index contributed by atoms with van der Waals surface area (Å²) in [6.07, 6.45) is 0. The standard InChI is InChI=1S/C12H18BrN/c1-9(2)14-12(3,4)10-7-5-6-8-11(10)13/h5-9,14H,1-4H3. The second-order valence-electron chi connectivity index (χ2n) is 4.40. The highest BCUT2D eigenvalue weighted by molar-refractivity contribution is 9.10. The highest BCUT2D eigenvalue weighted by atomic mass is 79.9. The lowest BCUT2D eigenvalue weighted by atomic mass is 9.93. The summed E-state index contributed by atoms with van der Waals surface area (Å²) in [5.41, 5.74) is 1.31. The Morgan fingerprint density at radius 2 is 1.79 bits per heavy atom. The molecule has 1 nitrogen and oxygen atoms in total. The molecule has 0 aliphatic carbocycles. The van der Waals surface area contributed by atoms with Crippen LogP contribution in [0, 0.1) is 0 Å². The van der Waals surface area contributed by atoms with E-state index < -0.39 is 0 Å². The highest BCUT2D eigenvalue weighted by Gasteiger charge is 2.22. The van der Waals surface area contributed by atoms with Crippen LogP contribution in [-0.4, -0.2) is 6.04 Å². The summed E-state index contributed by atoms with van der Waals surface area (Å²) in [5, 5.41) is 3.55. The fraction of sp³-hybridized carbons (Fsp3) is 0.500. The van der Waals surface area contributed by atoms with Crippen molar-refractivity contribution in [2.24, 2.45) is 0 Å². The molecule has 0 amide bonds. The van der Waals surface area contributed by atoms with Crippen LogP contribution in [0.15, 0.2) is 28.7 Å². The zero-order valence-electron chi connectivity index (χ0n) is 9.26. The van der Waals surface area contributed by atoms with Gasteiger partial charge in [0, 0.05) is 16.1 Å². The topological polar surface area (TPSA) is 12.0 Å². The van der Waals surface area contributed by atoms with Crippen molar-refractivity contribution in [2.75, 3.05) is 0 Å². The van der Waals surface area contributed by atoms with E-state index in [9.17, 15) is 0 Å². The van der Waals surface area contributed by atoms with Crippen molar-refractivity contribution >= 4 is 15.9 Å². The number of halogens is 1. The van der Waals surface area contributed by atoms with Gasteiger partial charge in [0.2, 0.25) is 0 Å². The van der Waals surface area contributed by atoms with E-state index in [1.165, 1.54) is 5.56 Å². The van der Waals surface area contributed by atoms with Crippen LogP contribution in [0.5, 0.6) is 0 Å². The predicted molar refractivity (Wildman–Crippen MR) is 65.4 cm³/mol. The van der Waals surface area contributed by atoms with Crippen molar-refractivity contribution in [2.45, 2.75) is 39.3 Å². The van der Waals surface area contributed by atoms with Crippen LogP contribution in [0.4, 0.5) is 0 Å². The Morgan fingerprint density at radius 1 is 1.21 bits per heavy atom. The summed E-state index contributed by atoms with van der Waals surface area (Å²) in [5.74, 6) is 0. The number of hydrogen-bond donors (Lipinski definition) is 1. The number of hydrogen-bond acceptors (Lipinski definition) is 1. The van der Waals surface area contributed by atoms with Crippen LogP contribution in [0.1, 0.15) is 33.3 Å². The second kappa shape index (κ2) is 4.45. The summed E-state index contributed by atoms with van der Waals surface area (Å²) in [6.45, 7) is 8.73. The lowest BCUT2D eigenvalue weighted by Crippen LogP contribution is -2.41. The summed E-state index contributed by atoms with van der Waals surface area (Å²) in [7, 11) is 0. The highest BCUT2D eigenvalue weighted by Crippen LogP contribution is 2.27. The smallest absolute Gasteiger partial charge is 0.0390 e. The van der Waals surface area contributed by atoms with Crippen LogP contribution in [0.2, 0.25) is 0 Å². The van der Waals surface area contributed by atoms with Crippen LogP contribution in [0.3, 0.4) is 0 Å². The molecule has 0 heterocycles. The molecule has 0 atom stereocenters. The number of benzene rings is 1. The predicted octanol–water partition coefficient (Wildman–Crippen LogP) is 3.68. The van der Waals surface area contributed by atoms with Crippen molar-refractivity contribution in [1.29, 1.82) is 0 Å². The molecule has 1 rings (SSSR count). The van der Waals surface area contributed by atoms with Crippen molar-refractivity contribution in [3.8, 4) is 0 Å². The van der Waals surface area contributed by atoms with Crippen LogP contribution >= 0.6 is 15.9 Å². The molecular weight excluding hydrogens is 238 g/mol. The van der Waals surface area contributed by atoms with Gasteiger partial charge in [0.15, 0.2) is 0 Å². The van der Waals surface area contributed by atoms with E-state index in [4.69, 9.17) is 0 Å². The maximum absolute atomic E-state index is 3.58. The van der Waals surface area contributed by atoms with Crippen LogP contribution in [-0.2, 0) is 5.54 Å². The Labute approximate surface area is 95.0 Å². The van der Waals surface area contributed by atoms with E-state index in [2.05, 4.69) is 67.1 Å². The molecule has 0 aromatic heterocycles. The van der Waals surface area contributed by atoms with Gasteiger partial charge in [-0.2, -0.15) is 0 Å². The molecule has 0 aliphatic rings. The molecule has 0 bridgehead atoms. The van der Waals surface area contributed by atoms with Gasteiger partial charge < -0.3 is 5.32 Å². The first-order valence-electron chi connectivity index (χ1n) is 4.96. The van der Waals surface area contributed by atoms with Gasteiger partial charge in [0.1, 0.15) is 0 Å². The Bertz CT molecular complexity index is 305. The molecule has 1 aromatic carbocycles. The molecule has 14 heavy (non-hydrogen) atoms. The van der Waals surface area contributed by atoms with Gasteiger partial charge in [-0.15, -0.1) is 0 Å². The van der Waals surface area contributed by atoms with Gasteiger partial charge in [0.05, 0.1) is 0 Å². The molecule has 0 unspecified atom stereocenters. The molecular formula is C12H18BrN. The van der Waals surface area contributed by atoms with Gasteiger partial charge in [-0.1, -0.05) is 48.0 Å². The third-order valence-corrected chi connectivity index (χ3v) is 2.89. The molecule has 0 radical (unpaired) electrons. The average Bonchev–Trinajstić information content (AvgIpc) is 2.02. The van der Waals surface area contributed by atoms with E-state index in [1.54, 1.807) is 0 Å². The molecule has 0 fully saturated rings. The molecule has 1 N–H and O–H groups in total. The Morgan fingerprint density at radius 3 is 2.29 bits per heavy atom. The first kappa shape index (κ1) is 11.7. The van der Waals surface area contributed by atoms with Gasteiger partial charge >= 0.3 is 0 Å². The molecule has 0 spiro atoms. The third-order valence-electron chi connectivity index (χ3n) is 2.20. The van der Waals surface area contributed by atoms with E-state index in [0.717, 1.165) is 4.47 Å². The zero-order chi connectivity index (χ0) is 10.8. The number of rotatable bonds is 3. The first-order chi connectivity index (χ1) is 6.43. The Hall–Kier alpha value is -0.340. The Balaban J connectivity index is 2.97. The molecule has 2 heteroatoms. The summed E-state index contributed by atoms with van der Waals surface area (Å²) in [4.78, 5) is 0. The molecule has 78 valence electrons. The average molecular weight is 256 g/mol. The van der Waals surface area contributed by atoms with Crippen LogP contribution < -0.4 is 5.32 Å². The van der Waals surface area contributed by atoms with Crippen molar-refractivity contribution in [3.63, 3.8) is 0 Å². The minimum atomic E-state index is 0.00819. The van der Waals surface area contributed by atoms with E-state index in [0.29, 0.717) is 6.04 Å². The minimum absolute atomic E-state index is 0.00819.